The summed E-state index contributed by atoms with van der Waals surface area (Å²) in [6, 6.07) is 0. The van der Waals surface area contributed by atoms with E-state index in [9.17, 15) is 4.79 Å². The number of nitrogens with one attached hydrogen (secondary N) is 1. The Morgan fingerprint density at radius 1 is 1.32 bits per heavy atom. The van der Waals surface area contributed by atoms with Gasteiger partial charge in [-0.1, -0.05) is 12.2 Å². The molecule has 2 rings (SSSR count). The summed E-state index contributed by atoms with van der Waals surface area (Å²) in [5.74, 6) is 0.374. The van der Waals surface area contributed by atoms with Gasteiger partial charge < -0.3 is 15.0 Å². The maximum Gasteiger partial charge on any atom is 0.223 e. The fourth-order valence-corrected chi connectivity index (χ4v) is 2.66. The van der Waals surface area contributed by atoms with Crippen molar-refractivity contribution < 1.29 is 9.53 Å². The number of likely N-dealkylation sites (tertiary alicyclic amines) is 1. The highest BCUT2D eigenvalue weighted by atomic mass is 16.5. The highest BCUT2D eigenvalue weighted by molar-refractivity contribution is 5.79. The van der Waals surface area contributed by atoms with Crippen LogP contribution in [-0.4, -0.2) is 50.2 Å². The number of hydrogen-bond donors (Lipinski definition) is 1. The molecule has 0 saturated carbocycles. The minimum absolute atomic E-state index is 0.176. The molecule has 1 aliphatic carbocycles. The summed E-state index contributed by atoms with van der Waals surface area (Å²) >= 11 is 0. The van der Waals surface area contributed by atoms with Crippen LogP contribution in [0.4, 0.5) is 0 Å². The Balaban J connectivity index is 1.47. The molecule has 1 heterocycles. The molecule has 1 amide bonds. The standard InChI is InChI=1S/C15H26N2O2/c1-17-10-7-14(8-11-17)19-12-4-9-16-15(18)13-5-2-3-6-13/h2-3,13-14H,4-12H2,1H3,(H,16,18). The fraction of sp³-hybridized carbons (Fsp3) is 0.800. The molecule has 1 aliphatic heterocycles. The van der Waals surface area contributed by atoms with Crippen molar-refractivity contribution in [3.05, 3.63) is 12.2 Å². The van der Waals surface area contributed by atoms with E-state index in [4.69, 9.17) is 4.74 Å². The van der Waals surface area contributed by atoms with Crippen LogP contribution in [0.3, 0.4) is 0 Å². The lowest BCUT2D eigenvalue weighted by Gasteiger charge is -2.28. The Hall–Kier alpha value is -0.870. The summed E-state index contributed by atoms with van der Waals surface area (Å²) in [7, 11) is 2.16. The van der Waals surface area contributed by atoms with Gasteiger partial charge in [-0.05, 0) is 39.2 Å². The van der Waals surface area contributed by atoms with E-state index in [1.807, 2.05) is 0 Å². The third-order valence-corrected chi connectivity index (χ3v) is 4.02. The molecule has 4 nitrogen and oxygen atoms in total. The molecule has 19 heavy (non-hydrogen) atoms. The van der Waals surface area contributed by atoms with E-state index >= 15 is 0 Å². The topological polar surface area (TPSA) is 41.6 Å². The molecule has 0 radical (unpaired) electrons. The van der Waals surface area contributed by atoms with E-state index in [0.717, 1.165) is 58.3 Å². The lowest BCUT2D eigenvalue weighted by molar-refractivity contribution is -0.124. The van der Waals surface area contributed by atoms with E-state index in [1.54, 1.807) is 0 Å². The number of hydrogen-bond acceptors (Lipinski definition) is 3. The first-order valence-electron chi connectivity index (χ1n) is 7.48. The van der Waals surface area contributed by atoms with Crippen LogP contribution in [0.5, 0.6) is 0 Å². The second-order valence-electron chi connectivity index (χ2n) is 5.66. The Kier molecular flexibility index (Phi) is 5.86. The van der Waals surface area contributed by atoms with E-state index in [-0.39, 0.29) is 11.8 Å². The molecule has 108 valence electrons. The number of rotatable bonds is 6. The molecule has 0 bridgehead atoms. The molecular formula is C15H26N2O2. The number of allylic oxidation sites excluding steroid dienone is 2. The first-order valence-corrected chi connectivity index (χ1v) is 7.48. The zero-order valence-electron chi connectivity index (χ0n) is 11.9. The molecule has 1 fully saturated rings. The molecule has 1 N–H and O–H groups in total. The molecule has 0 aromatic rings. The van der Waals surface area contributed by atoms with Crippen LogP contribution >= 0.6 is 0 Å². The van der Waals surface area contributed by atoms with E-state index in [2.05, 4.69) is 29.4 Å². The van der Waals surface area contributed by atoms with Crippen LogP contribution in [0, 0.1) is 5.92 Å². The van der Waals surface area contributed by atoms with E-state index < -0.39 is 0 Å². The van der Waals surface area contributed by atoms with Gasteiger partial charge in [-0.15, -0.1) is 0 Å². The molecule has 0 atom stereocenters. The van der Waals surface area contributed by atoms with Crippen molar-refractivity contribution >= 4 is 5.91 Å². The van der Waals surface area contributed by atoms with Gasteiger partial charge in [-0.2, -0.15) is 0 Å². The lowest BCUT2D eigenvalue weighted by atomic mass is 10.1. The Morgan fingerprint density at radius 3 is 2.68 bits per heavy atom. The highest BCUT2D eigenvalue weighted by Gasteiger charge is 2.19. The van der Waals surface area contributed by atoms with Crippen molar-refractivity contribution in [1.82, 2.24) is 10.2 Å². The average Bonchev–Trinajstić information content (AvgIpc) is 2.94. The summed E-state index contributed by atoms with van der Waals surface area (Å²) < 4.78 is 5.85. The van der Waals surface area contributed by atoms with Crippen molar-refractivity contribution in [1.29, 1.82) is 0 Å². The van der Waals surface area contributed by atoms with Gasteiger partial charge in [-0.3, -0.25) is 4.79 Å². The molecule has 0 unspecified atom stereocenters. The number of piperidine rings is 1. The summed E-state index contributed by atoms with van der Waals surface area (Å²) in [6.07, 6.45) is 9.59. The number of carbonyl (C=O) groups is 1. The van der Waals surface area contributed by atoms with Gasteiger partial charge in [-0.25, -0.2) is 0 Å². The first kappa shape index (κ1) is 14.5. The van der Waals surface area contributed by atoms with E-state index in [0.29, 0.717) is 6.10 Å². The molecule has 0 aromatic carbocycles. The zero-order chi connectivity index (χ0) is 13.5. The predicted octanol–water partition coefficient (Wildman–Crippen LogP) is 1.57. The van der Waals surface area contributed by atoms with Crippen LogP contribution in [0.15, 0.2) is 12.2 Å². The molecule has 2 aliphatic rings. The number of ether oxygens (including phenoxy) is 1. The highest BCUT2D eigenvalue weighted by Crippen LogP contribution is 2.17. The smallest absolute Gasteiger partial charge is 0.223 e. The van der Waals surface area contributed by atoms with Crippen molar-refractivity contribution in [2.75, 3.05) is 33.3 Å². The monoisotopic (exact) mass is 266 g/mol. The van der Waals surface area contributed by atoms with Gasteiger partial charge in [0, 0.05) is 32.2 Å². The molecule has 0 spiro atoms. The summed E-state index contributed by atoms with van der Waals surface area (Å²) in [5, 5.41) is 3.00. The largest absolute Gasteiger partial charge is 0.378 e. The first-order chi connectivity index (χ1) is 9.25. The average molecular weight is 266 g/mol. The van der Waals surface area contributed by atoms with Crippen molar-refractivity contribution in [3.8, 4) is 0 Å². The van der Waals surface area contributed by atoms with Crippen molar-refractivity contribution in [2.45, 2.75) is 38.2 Å². The number of carbonyl (C=O) groups excluding carboxylic acids is 1. The van der Waals surface area contributed by atoms with Crippen molar-refractivity contribution in [3.63, 3.8) is 0 Å². The summed E-state index contributed by atoms with van der Waals surface area (Å²) in [4.78, 5) is 14.1. The summed E-state index contributed by atoms with van der Waals surface area (Å²) in [6.45, 7) is 3.77. The predicted molar refractivity (Wildman–Crippen MR) is 76.0 cm³/mol. The van der Waals surface area contributed by atoms with Crippen LogP contribution in [0.1, 0.15) is 32.1 Å². The summed E-state index contributed by atoms with van der Waals surface area (Å²) in [5.41, 5.74) is 0. The van der Waals surface area contributed by atoms with Gasteiger partial charge in [0.15, 0.2) is 0 Å². The SMILES string of the molecule is CN1CCC(OCCCNC(=O)C2CC=CC2)CC1. The minimum atomic E-state index is 0.176. The van der Waals surface area contributed by atoms with Gasteiger partial charge >= 0.3 is 0 Å². The Labute approximate surface area is 116 Å². The van der Waals surface area contributed by atoms with Gasteiger partial charge in [0.05, 0.1) is 6.10 Å². The Bertz CT molecular complexity index is 301. The van der Waals surface area contributed by atoms with Crippen LogP contribution in [0.25, 0.3) is 0 Å². The fourth-order valence-electron chi connectivity index (χ4n) is 2.66. The molecule has 4 heteroatoms. The number of amides is 1. The second kappa shape index (κ2) is 7.65. The normalized spacial score (nSPS) is 21.9. The Morgan fingerprint density at radius 2 is 2.00 bits per heavy atom. The molecule has 0 aromatic heterocycles. The van der Waals surface area contributed by atoms with Crippen LogP contribution in [0.2, 0.25) is 0 Å². The third-order valence-electron chi connectivity index (χ3n) is 4.02. The van der Waals surface area contributed by atoms with Gasteiger partial charge in [0.1, 0.15) is 0 Å². The zero-order valence-corrected chi connectivity index (χ0v) is 11.9. The van der Waals surface area contributed by atoms with Gasteiger partial charge in [0.2, 0.25) is 5.91 Å². The lowest BCUT2D eigenvalue weighted by Crippen LogP contribution is -2.35. The van der Waals surface area contributed by atoms with Gasteiger partial charge in [0.25, 0.3) is 0 Å². The second-order valence-corrected chi connectivity index (χ2v) is 5.66. The molecule has 1 saturated heterocycles. The maximum atomic E-state index is 11.7. The van der Waals surface area contributed by atoms with Crippen molar-refractivity contribution in [2.24, 2.45) is 5.92 Å². The van der Waals surface area contributed by atoms with Crippen LogP contribution < -0.4 is 5.32 Å². The third kappa shape index (κ3) is 4.96. The van der Waals surface area contributed by atoms with E-state index in [1.165, 1.54) is 0 Å². The minimum Gasteiger partial charge on any atom is -0.378 e. The maximum absolute atomic E-state index is 11.7. The molecular weight excluding hydrogens is 240 g/mol. The number of nitrogens with zero attached hydrogens (tertiary/aromatic N) is 1. The van der Waals surface area contributed by atoms with Crippen LogP contribution in [-0.2, 0) is 9.53 Å². The quantitative estimate of drug-likeness (QED) is 0.586.